The topological polar surface area (TPSA) is 26.1 Å². The molecule has 94 valence electrons. The first-order valence-electron chi connectivity index (χ1n) is 6.07. The summed E-state index contributed by atoms with van der Waals surface area (Å²) < 4.78 is 1.08. The second-order valence-corrected chi connectivity index (χ2v) is 6.42. The first kappa shape index (κ1) is 13.8. The Morgan fingerprint density at radius 3 is 2.06 bits per heavy atom. The normalized spacial score (nSPS) is 13.8. The molecule has 0 unspecified atom stereocenters. The highest BCUT2D eigenvalue weighted by atomic mass is 16.5. The molecule has 0 heterocycles. The maximum Gasteiger partial charge on any atom is 0.182 e. The molecule has 0 saturated carbocycles. The van der Waals surface area contributed by atoms with Crippen molar-refractivity contribution < 1.29 is 4.74 Å². The number of hydroxylamine groups is 1. The first-order chi connectivity index (χ1) is 7.71. The van der Waals surface area contributed by atoms with E-state index < -0.39 is 0 Å². The fourth-order valence-electron chi connectivity index (χ4n) is 2.22. The molecule has 0 radical (unpaired) electrons. The molecule has 0 bridgehead atoms. The molecule has 0 aliphatic rings. The molecule has 17 heavy (non-hydrogen) atoms. The summed E-state index contributed by atoms with van der Waals surface area (Å²) in [4.78, 5) is 0. The van der Waals surface area contributed by atoms with Gasteiger partial charge in [-0.05, 0) is 17.5 Å². The van der Waals surface area contributed by atoms with Crippen LogP contribution in [0, 0.1) is 10.6 Å². The van der Waals surface area contributed by atoms with Crippen LogP contribution in [0.5, 0.6) is 0 Å². The Morgan fingerprint density at radius 1 is 1.06 bits per heavy atom. The van der Waals surface area contributed by atoms with Crippen molar-refractivity contribution in [2.45, 2.75) is 46.6 Å². The highest BCUT2D eigenvalue weighted by Gasteiger charge is 2.32. The summed E-state index contributed by atoms with van der Waals surface area (Å²) in [5, 5.41) is 12.2. The van der Waals surface area contributed by atoms with Gasteiger partial charge in [-0.3, -0.25) is 0 Å². The predicted molar refractivity (Wildman–Crippen MR) is 73.4 cm³/mol. The van der Waals surface area contributed by atoms with E-state index in [1.165, 1.54) is 0 Å². The monoisotopic (exact) mass is 233 g/mol. The van der Waals surface area contributed by atoms with Gasteiger partial charge in [-0.15, -0.1) is 0 Å². The average molecular weight is 233 g/mol. The predicted octanol–water partition coefficient (Wildman–Crippen LogP) is 3.83. The molecule has 0 fully saturated rings. The van der Waals surface area contributed by atoms with E-state index in [4.69, 9.17) is 0 Å². The van der Waals surface area contributed by atoms with Crippen LogP contribution in [-0.2, 0) is 0 Å². The van der Waals surface area contributed by atoms with Crippen molar-refractivity contribution in [1.29, 1.82) is 0 Å². The van der Waals surface area contributed by atoms with E-state index in [-0.39, 0.29) is 11.0 Å². The molecule has 1 aromatic carbocycles. The number of hydrogen-bond donors (Lipinski definition) is 0. The summed E-state index contributed by atoms with van der Waals surface area (Å²) >= 11 is 0. The highest BCUT2D eigenvalue weighted by molar-refractivity contribution is 5.75. The SMILES string of the molecule is CC(C)(C)CC(C)(C)[N+]([O-])=Cc1ccccc1. The Labute approximate surface area is 105 Å². The third-order valence-corrected chi connectivity index (χ3v) is 2.63. The second-order valence-electron chi connectivity index (χ2n) is 6.42. The van der Waals surface area contributed by atoms with Crippen molar-refractivity contribution in [1.82, 2.24) is 0 Å². The van der Waals surface area contributed by atoms with Gasteiger partial charge in [-0.2, -0.15) is 0 Å². The highest BCUT2D eigenvalue weighted by Crippen LogP contribution is 2.28. The lowest BCUT2D eigenvalue weighted by molar-refractivity contribution is -0.540. The molecule has 0 aliphatic carbocycles. The van der Waals surface area contributed by atoms with E-state index in [0.717, 1.165) is 16.7 Å². The summed E-state index contributed by atoms with van der Waals surface area (Å²) in [6.07, 6.45) is 2.53. The van der Waals surface area contributed by atoms with Gasteiger partial charge in [0.2, 0.25) is 0 Å². The lowest BCUT2D eigenvalue weighted by Crippen LogP contribution is -2.37. The van der Waals surface area contributed by atoms with Crippen molar-refractivity contribution in [2.24, 2.45) is 5.41 Å². The maximum atomic E-state index is 12.2. The van der Waals surface area contributed by atoms with E-state index in [0.29, 0.717) is 0 Å². The van der Waals surface area contributed by atoms with Crippen LogP contribution in [0.15, 0.2) is 30.3 Å². The van der Waals surface area contributed by atoms with E-state index in [1.807, 2.05) is 44.2 Å². The lowest BCUT2D eigenvalue weighted by Gasteiger charge is -2.30. The average Bonchev–Trinajstić information content (AvgIpc) is 2.15. The Balaban J connectivity index is 2.89. The Hall–Kier alpha value is -1.31. The summed E-state index contributed by atoms with van der Waals surface area (Å²) in [6, 6.07) is 9.72. The van der Waals surface area contributed by atoms with Crippen LogP contribution >= 0.6 is 0 Å². The number of hydrogen-bond acceptors (Lipinski definition) is 1. The van der Waals surface area contributed by atoms with Crippen LogP contribution < -0.4 is 0 Å². The van der Waals surface area contributed by atoms with Gasteiger partial charge >= 0.3 is 0 Å². The van der Waals surface area contributed by atoms with Gasteiger partial charge < -0.3 is 5.21 Å². The van der Waals surface area contributed by atoms with E-state index in [9.17, 15) is 5.21 Å². The first-order valence-corrected chi connectivity index (χ1v) is 6.07. The van der Waals surface area contributed by atoms with Crippen LogP contribution in [0.3, 0.4) is 0 Å². The van der Waals surface area contributed by atoms with E-state index in [2.05, 4.69) is 20.8 Å². The zero-order chi connectivity index (χ0) is 13.1. The second kappa shape index (κ2) is 4.91. The Kier molecular flexibility index (Phi) is 3.97. The van der Waals surface area contributed by atoms with Crippen LogP contribution in [0.2, 0.25) is 0 Å². The minimum absolute atomic E-state index is 0.149. The standard InChI is InChI=1S/C15H23NO/c1-14(2,3)12-15(4,5)16(17)11-13-9-7-6-8-10-13/h6-11H,12H2,1-5H3. The molecular weight excluding hydrogens is 210 g/mol. The smallest absolute Gasteiger partial charge is 0.182 e. The van der Waals surface area contributed by atoms with Crippen LogP contribution in [0.1, 0.15) is 46.6 Å². The minimum atomic E-state index is -0.381. The van der Waals surface area contributed by atoms with Gasteiger partial charge in [-0.1, -0.05) is 39.0 Å². The van der Waals surface area contributed by atoms with Gasteiger partial charge in [0.25, 0.3) is 0 Å². The van der Waals surface area contributed by atoms with Crippen molar-refractivity contribution in [3.8, 4) is 0 Å². The minimum Gasteiger partial charge on any atom is -0.623 e. The molecule has 0 amide bonds. The molecule has 2 nitrogen and oxygen atoms in total. The summed E-state index contributed by atoms with van der Waals surface area (Å²) in [5.41, 5.74) is 0.717. The largest absolute Gasteiger partial charge is 0.623 e. The van der Waals surface area contributed by atoms with Crippen LogP contribution in [0.4, 0.5) is 0 Å². The number of nitrogens with zero attached hydrogens (tertiary/aromatic N) is 1. The molecule has 0 atom stereocenters. The summed E-state index contributed by atoms with van der Waals surface area (Å²) in [7, 11) is 0. The zero-order valence-electron chi connectivity index (χ0n) is 11.5. The molecule has 0 spiro atoms. The van der Waals surface area contributed by atoms with Crippen molar-refractivity contribution in [3.63, 3.8) is 0 Å². The Bertz CT molecular complexity index is 385. The van der Waals surface area contributed by atoms with Gasteiger partial charge in [0.15, 0.2) is 11.8 Å². The van der Waals surface area contributed by atoms with Crippen molar-refractivity contribution in [3.05, 3.63) is 41.1 Å². The maximum absolute atomic E-state index is 12.2. The van der Waals surface area contributed by atoms with E-state index >= 15 is 0 Å². The lowest BCUT2D eigenvalue weighted by atomic mass is 9.82. The fraction of sp³-hybridized carbons (Fsp3) is 0.533. The van der Waals surface area contributed by atoms with Crippen molar-refractivity contribution in [2.75, 3.05) is 0 Å². The quantitative estimate of drug-likeness (QED) is 0.337. The molecule has 1 rings (SSSR count). The molecule has 0 aliphatic heterocycles. The molecular formula is C15H23NO. The number of benzene rings is 1. The van der Waals surface area contributed by atoms with Gasteiger partial charge in [0.05, 0.1) is 0 Å². The van der Waals surface area contributed by atoms with Crippen molar-refractivity contribution >= 4 is 6.21 Å². The van der Waals surface area contributed by atoms with Gasteiger partial charge in [0.1, 0.15) is 0 Å². The molecule has 0 saturated heterocycles. The van der Waals surface area contributed by atoms with Crippen LogP contribution in [0.25, 0.3) is 0 Å². The third-order valence-electron chi connectivity index (χ3n) is 2.63. The summed E-state index contributed by atoms with van der Waals surface area (Å²) in [5.74, 6) is 0. The third kappa shape index (κ3) is 4.59. The fourth-order valence-corrected chi connectivity index (χ4v) is 2.22. The van der Waals surface area contributed by atoms with E-state index in [1.54, 1.807) is 6.21 Å². The molecule has 2 heteroatoms. The number of rotatable bonds is 3. The zero-order valence-corrected chi connectivity index (χ0v) is 11.5. The summed E-state index contributed by atoms with van der Waals surface area (Å²) in [6.45, 7) is 10.5. The molecule has 0 N–H and O–H groups in total. The molecule has 1 aromatic rings. The Morgan fingerprint density at radius 2 is 1.59 bits per heavy atom. The van der Waals surface area contributed by atoms with Gasteiger partial charge in [0, 0.05) is 25.8 Å². The van der Waals surface area contributed by atoms with Crippen LogP contribution in [-0.4, -0.2) is 16.5 Å². The van der Waals surface area contributed by atoms with Gasteiger partial charge in [-0.25, -0.2) is 4.74 Å². The molecule has 0 aromatic heterocycles.